The van der Waals surface area contributed by atoms with E-state index < -0.39 is 11.9 Å². The molecule has 0 aliphatic rings. The predicted octanol–water partition coefficient (Wildman–Crippen LogP) is 3.31. The molecule has 0 atom stereocenters. The van der Waals surface area contributed by atoms with Crippen molar-refractivity contribution in [2.75, 3.05) is 0 Å². The summed E-state index contributed by atoms with van der Waals surface area (Å²) in [5, 5.41) is 0.428. The molecule has 0 radical (unpaired) electrons. The van der Waals surface area contributed by atoms with E-state index in [2.05, 4.69) is 4.98 Å². The standard InChI is InChI=1S/C11H8F3NO/c1-6-8-4-7(5-16)2-3-9(8)15-10(6)11(12,13)14/h2-5,15H,1H3. The largest absolute Gasteiger partial charge is 0.431 e. The fourth-order valence-electron chi connectivity index (χ4n) is 1.70. The van der Waals surface area contributed by atoms with Crippen molar-refractivity contribution in [1.82, 2.24) is 4.98 Å². The molecule has 0 fully saturated rings. The van der Waals surface area contributed by atoms with E-state index in [1.54, 1.807) is 0 Å². The van der Waals surface area contributed by atoms with Crippen molar-refractivity contribution in [3.8, 4) is 0 Å². The maximum absolute atomic E-state index is 12.6. The van der Waals surface area contributed by atoms with E-state index in [-0.39, 0.29) is 5.56 Å². The number of aromatic amines is 1. The van der Waals surface area contributed by atoms with Crippen LogP contribution in [0.15, 0.2) is 18.2 Å². The zero-order valence-electron chi connectivity index (χ0n) is 8.35. The monoisotopic (exact) mass is 227 g/mol. The first kappa shape index (κ1) is 10.7. The number of halogens is 3. The Bertz CT molecular complexity index is 554. The maximum Gasteiger partial charge on any atom is 0.431 e. The van der Waals surface area contributed by atoms with Crippen LogP contribution in [0, 0.1) is 6.92 Å². The summed E-state index contributed by atoms with van der Waals surface area (Å²) in [5.41, 5.74) is 0.107. The molecule has 0 spiro atoms. The van der Waals surface area contributed by atoms with Crippen molar-refractivity contribution in [3.05, 3.63) is 35.0 Å². The van der Waals surface area contributed by atoms with Crippen LogP contribution < -0.4 is 0 Å². The van der Waals surface area contributed by atoms with Crippen molar-refractivity contribution < 1.29 is 18.0 Å². The maximum atomic E-state index is 12.6. The number of benzene rings is 1. The van der Waals surface area contributed by atoms with Crippen LogP contribution in [-0.2, 0) is 6.18 Å². The number of nitrogens with one attached hydrogen (secondary N) is 1. The van der Waals surface area contributed by atoms with Gasteiger partial charge in [-0.3, -0.25) is 4.79 Å². The summed E-state index contributed by atoms with van der Waals surface area (Å²) in [7, 11) is 0. The van der Waals surface area contributed by atoms with Gasteiger partial charge in [-0.15, -0.1) is 0 Å². The lowest BCUT2D eigenvalue weighted by Gasteiger charge is -2.04. The molecular weight excluding hydrogens is 219 g/mol. The summed E-state index contributed by atoms with van der Waals surface area (Å²) in [6, 6.07) is 4.40. The molecule has 2 nitrogen and oxygen atoms in total. The number of aldehydes is 1. The Hall–Kier alpha value is -1.78. The van der Waals surface area contributed by atoms with Crippen LogP contribution in [0.4, 0.5) is 13.2 Å². The number of carbonyl (C=O) groups is 1. The molecule has 2 rings (SSSR count). The molecule has 0 unspecified atom stereocenters. The molecule has 0 saturated heterocycles. The Labute approximate surface area is 89.1 Å². The minimum atomic E-state index is -4.40. The smallest absolute Gasteiger partial charge is 0.351 e. The van der Waals surface area contributed by atoms with Gasteiger partial charge in [0.2, 0.25) is 0 Å². The highest BCUT2D eigenvalue weighted by atomic mass is 19.4. The van der Waals surface area contributed by atoms with Crippen LogP contribution in [0.1, 0.15) is 21.6 Å². The van der Waals surface area contributed by atoms with Crippen LogP contribution in [0.2, 0.25) is 0 Å². The quantitative estimate of drug-likeness (QED) is 0.745. The summed E-state index contributed by atoms with van der Waals surface area (Å²) in [6.45, 7) is 1.39. The number of H-pyrrole nitrogens is 1. The fourth-order valence-corrected chi connectivity index (χ4v) is 1.70. The van der Waals surface area contributed by atoms with Gasteiger partial charge in [0.15, 0.2) is 0 Å². The zero-order chi connectivity index (χ0) is 11.9. The van der Waals surface area contributed by atoms with Crippen molar-refractivity contribution in [1.29, 1.82) is 0 Å². The van der Waals surface area contributed by atoms with Gasteiger partial charge in [-0.2, -0.15) is 13.2 Å². The van der Waals surface area contributed by atoms with Gasteiger partial charge in [-0.1, -0.05) is 0 Å². The highest BCUT2D eigenvalue weighted by molar-refractivity contribution is 5.90. The molecule has 0 bridgehead atoms. The molecule has 5 heteroatoms. The first-order valence-electron chi connectivity index (χ1n) is 4.58. The highest BCUT2D eigenvalue weighted by Crippen LogP contribution is 2.34. The lowest BCUT2D eigenvalue weighted by atomic mass is 10.1. The van der Waals surface area contributed by atoms with E-state index in [0.717, 1.165) is 0 Å². The number of rotatable bonds is 1. The van der Waals surface area contributed by atoms with E-state index in [4.69, 9.17) is 0 Å². The number of fused-ring (bicyclic) bond motifs is 1. The molecule has 0 aliphatic carbocycles. The first-order valence-corrected chi connectivity index (χ1v) is 4.58. The SMILES string of the molecule is Cc1c(C(F)(F)F)[nH]c2ccc(C=O)cc12. The van der Waals surface area contributed by atoms with Crippen LogP contribution >= 0.6 is 0 Å². The zero-order valence-corrected chi connectivity index (χ0v) is 8.35. The number of hydrogen-bond acceptors (Lipinski definition) is 1. The minimum absolute atomic E-state index is 0.117. The Morgan fingerprint density at radius 2 is 2.00 bits per heavy atom. The van der Waals surface area contributed by atoms with Gasteiger partial charge in [-0.25, -0.2) is 0 Å². The first-order chi connectivity index (χ1) is 7.43. The summed E-state index contributed by atoms with van der Waals surface area (Å²) < 4.78 is 37.7. The lowest BCUT2D eigenvalue weighted by Crippen LogP contribution is -2.06. The van der Waals surface area contributed by atoms with E-state index in [0.29, 0.717) is 22.8 Å². The molecular formula is C11H8F3NO. The van der Waals surface area contributed by atoms with Gasteiger partial charge in [0.25, 0.3) is 0 Å². The summed E-state index contributed by atoms with van der Waals surface area (Å²) in [6.07, 6.45) is -3.79. The van der Waals surface area contributed by atoms with Gasteiger partial charge in [0.1, 0.15) is 12.0 Å². The van der Waals surface area contributed by atoms with E-state index in [1.165, 1.54) is 25.1 Å². The average molecular weight is 227 g/mol. The summed E-state index contributed by atoms with van der Waals surface area (Å²) >= 11 is 0. The van der Waals surface area contributed by atoms with Crippen molar-refractivity contribution >= 4 is 17.2 Å². The molecule has 2 aromatic rings. The third kappa shape index (κ3) is 1.58. The average Bonchev–Trinajstić information content (AvgIpc) is 2.55. The molecule has 1 aromatic carbocycles. The fraction of sp³-hybridized carbons (Fsp3) is 0.182. The lowest BCUT2D eigenvalue weighted by molar-refractivity contribution is -0.141. The molecule has 1 aromatic heterocycles. The molecule has 0 aliphatic heterocycles. The van der Waals surface area contributed by atoms with Gasteiger partial charge in [-0.05, 0) is 30.7 Å². The summed E-state index contributed by atoms with van der Waals surface area (Å²) in [5.74, 6) is 0. The third-order valence-electron chi connectivity index (χ3n) is 2.50. The molecule has 0 saturated carbocycles. The van der Waals surface area contributed by atoms with Crippen LogP contribution in [0.3, 0.4) is 0 Å². The van der Waals surface area contributed by atoms with E-state index >= 15 is 0 Å². The number of carbonyl (C=O) groups excluding carboxylic acids is 1. The van der Waals surface area contributed by atoms with Gasteiger partial charge >= 0.3 is 6.18 Å². The predicted molar refractivity (Wildman–Crippen MR) is 53.4 cm³/mol. The van der Waals surface area contributed by atoms with Crippen molar-refractivity contribution in [2.24, 2.45) is 0 Å². The normalized spacial score (nSPS) is 12.0. The van der Waals surface area contributed by atoms with Gasteiger partial charge in [0.05, 0.1) is 0 Å². The number of aromatic nitrogens is 1. The second-order valence-electron chi connectivity index (χ2n) is 3.55. The molecule has 1 N–H and O–H groups in total. The van der Waals surface area contributed by atoms with E-state index in [9.17, 15) is 18.0 Å². The minimum Gasteiger partial charge on any atom is -0.351 e. The molecule has 0 amide bonds. The Morgan fingerprint density at radius 1 is 1.31 bits per heavy atom. The van der Waals surface area contributed by atoms with Gasteiger partial charge < -0.3 is 4.98 Å². The molecule has 16 heavy (non-hydrogen) atoms. The van der Waals surface area contributed by atoms with E-state index in [1.807, 2.05) is 0 Å². The summed E-state index contributed by atoms with van der Waals surface area (Å²) in [4.78, 5) is 12.8. The Morgan fingerprint density at radius 3 is 2.56 bits per heavy atom. The third-order valence-corrected chi connectivity index (χ3v) is 2.50. The number of aryl methyl sites for hydroxylation is 1. The number of hydrogen-bond donors (Lipinski definition) is 1. The molecule has 1 heterocycles. The Balaban J connectivity index is 2.73. The van der Waals surface area contributed by atoms with Crippen LogP contribution in [0.5, 0.6) is 0 Å². The van der Waals surface area contributed by atoms with Crippen molar-refractivity contribution in [2.45, 2.75) is 13.1 Å². The second kappa shape index (κ2) is 3.37. The van der Waals surface area contributed by atoms with Gasteiger partial charge in [0, 0.05) is 16.5 Å². The van der Waals surface area contributed by atoms with Crippen LogP contribution in [0.25, 0.3) is 10.9 Å². The second-order valence-corrected chi connectivity index (χ2v) is 3.55. The Kier molecular flexibility index (Phi) is 2.26. The van der Waals surface area contributed by atoms with Crippen LogP contribution in [-0.4, -0.2) is 11.3 Å². The topological polar surface area (TPSA) is 32.9 Å². The molecule has 84 valence electrons. The van der Waals surface area contributed by atoms with Crippen molar-refractivity contribution in [3.63, 3.8) is 0 Å². The highest BCUT2D eigenvalue weighted by Gasteiger charge is 2.34. The number of alkyl halides is 3.